The first-order chi connectivity index (χ1) is 5.77. The molecule has 1 aromatic rings. The van der Waals surface area contributed by atoms with Crippen LogP contribution in [0.25, 0.3) is 0 Å². The smallest absolute Gasteiger partial charge is 0.0909 e. The lowest BCUT2D eigenvalue weighted by Crippen LogP contribution is -2.03. The van der Waals surface area contributed by atoms with Crippen molar-refractivity contribution in [3.05, 3.63) is 28.5 Å². The summed E-state index contributed by atoms with van der Waals surface area (Å²) in [5, 5.41) is 0. The van der Waals surface area contributed by atoms with Crippen LogP contribution in [0.3, 0.4) is 0 Å². The lowest BCUT2D eigenvalue weighted by molar-refractivity contribution is 0.759. The Balaban J connectivity index is 2.20. The molecule has 1 aromatic heterocycles. The summed E-state index contributed by atoms with van der Waals surface area (Å²) in [5.74, 6) is 0.468. The molecule has 0 amide bonds. The van der Waals surface area contributed by atoms with Crippen molar-refractivity contribution >= 4 is 22.1 Å². The van der Waals surface area contributed by atoms with Crippen molar-refractivity contribution in [2.24, 2.45) is 4.99 Å². The summed E-state index contributed by atoms with van der Waals surface area (Å²) in [6.45, 7) is 2.17. The maximum absolute atomic E-state index is 4.14. The molecule has 0 aromatic carbocycles. The van der Waals surface area contributed by atoms with Crippen LogP contribution < -0.4 is 0 Å². The van der Waals surface area contributed by atoms with Gasteiger partial charge in [-0.3, -0.25) is 9.98 Å². The van der Waals surface area contributed by atoms with Crippen molar-refractivity contribution in [3.63, 3.8) is 0 Å². The van der Waals surface area contributed by atoms with Gasteiger partial charge in [-0.15, -0.1) is 0 Å². The largest absolute Gasteiger partial charge is 0.286 e. The molecule has 0 bridgehead atoms. The molecule has 0 aliphatic carbocycles. The van der Waals surface area contributed by atoms with Gasteiger partial charge < -0.3 is 0 Å². The van der Waals surface area contributed by atoms with E-state index in [1.165, 1.54) is 5.56 Å². The highest BCUT2D eigenvalue weighted by atomic mass is 79.9. The first-order valence-electron chi connectivity index (χ1n) is 3.91. The molecule has 0 saturated carbocycles. The zero-order chi connectivity index (χ0) is 8.55. The molecule has 0 spiro atoms. The molecule has 3 heteroatoms. The Morgan fingerprint density at radius 2 is 2.25 bits per heavy atom. The Labute approximate surface area is 79.9 Å². The van der Waals surface area contributed by atoms with Crippen LogP contribution in [0.2, 0.25) is 0 Å². The molecule has 0 fully saturated rings. The molecule has 1 aliphatic heterocycles. The van der Waals surface area contributed by atoms with Crippen LogP contribution in [0.1, 0.15) is 18.4 Å². The zero-order valence-corrected chi connectivity index (χ0v) is 8.32. The van der Waals surface area contributed by atoms with E-state index in [9.17, 15) is 0 Å². The lowest BCUT2D eigenvalue weighted by atomic mass is 9.99. The summed E-state index contributed by atoms with van der Waals surface area (Å²) in [6, 6.07) is 2.51. The van der Waals surface area contributed by atoms with Gasteiger partial charge in [-0.2, -0.15) is 0 Å². The first kappa shape index (κ1) is 7.92. The monoisotopic (exact) mass is 224 g/mol. The van der Waals surface area contributed by atoms with Gasteiger partial charge in [0, 0.05) is 29.0 Å². The van der Waals surface area contributed by atoms with Gasteiger partial charge in [0.05, 0.1) is 6.04 Å². The van der Waals surface area contributed by atoms with E-state index in [2.05, 4.69) is 38.9 Å². The number of nitrogens with zero attached hydrogens (tertiary/aromatic N) is 2. The average Bonchev–Trinajstić information content (AvgIpc) is 2.85. The second-order valence-electron chi connectivity index (χ2n) is 3.01. The van der Waals surface area contributed by atoms with Crippen molar-refractivity contribution in [2.45, 2.75) is 18.9 Å². The molecular weight excluding hydrogens is 216 g/mol. The number of hydrogen-bond donors (Lipinski definition) is 0. The van der Waals surface area contributed by atoms with Gasteiger partial charge in [0.25, 0.3) is 0 Å². The number of aliphatic imine (C=N–C) groups is 1. The van der Waals surface area contributed by atoms with E-state index in [1.807, 2.05) is 12.4 Å². The van der Waals surface area contributed by atoms with Crippen molar-refractivity contribution in [3.8, 4) is 0 Å². The molecule has 0 radical (unpaired) electrons. The molecule has 62 valence electrons. The average molecular weight is 225 g/mol. The Bertz CT molecular complexity index is 316. The van der Waals surface area contributed by atoms with Crippen LogP contribution in [-0.4, -0.2) is 17.2 Å². The SMILES string of the molecule is CC(c1cncc(Br)c1)C1C=N1. The number of halogens is 1. The minimum absolute atomic E-state index is 0.418. The third-order valence-electron chi connectivity index (χ3n) is 2.09. The second kappa shape index (κ2) is 2.98. The summed E-state index contributed by atoms with van der Waals surface area (Å²) in [7, 11) is 0. The molecule has 2 rings (SSSR count). The van der Waals surface area contributed by atoms with Crippen LogP contribution >= 0.6 is 15.9 Å². The number of aromatic nitrogens is 1. The van der Waals surface area contributed by atoms with Crippen LogP contribution in [0.4, 0.5) is 0 Å². The zero-order valence-electron chi connectivity index (χ0n) is 6.74. The van der Waals surface area contributed by atoms with E-state index >= 15 is 0 Å². The number of hydrogen-bond acceptors (Lipinski definition) is 2. The van der Waals surface area contributed by atoms with E-state index in [0.717, 1.165) is 4.47 Å². The maximum atomic E-state index is 4.14. The first-order valence-corrected chi connectivity index (χ1v) is 4.70. The molecule has 0 saturated heterocycles. The molecule has 0 N–H and O–H groups in total. The minimum Gasteiger partial charge on any atom is -0.286 e. The van der Waals surface area contributed by atoms with Crippen LogP contribution in [0.15, 0.2) is 27.9 Å². The Kier molecular flexibility index (Phi) is 1.97. The van der Waals surface area contributed by atoms with Gasteiger partial charge in [0.2, 0.25) is 0 Å². The quantitative estimate of drug-likeness (QED) is 0.758. The topological polar surface area (TPSA) is 25.2 Å². The summed E-state index contributed by atoms with van der Waals surface area (Å²) >= 11 is 3.40. The Morgan fingerprint density at radius 1 is 1.50 bits per heavy atom. The van der Waals surface area contributed by atoms with Crippen molar-refractivity contribution < 1.29 is 0 Å². The van der Waals surface area contributed by atoms with E-state index in [1.54, 1.807) is 6.20 Å². The van der Waals surface area contributed by atoms with Gasteiger partial charge in [0.1, 0.15) is 0 Å². The van der Waals surface area contributed by atoms with Gasteiger partial charge in [-0.1, -0.05) is 6.92 Å². The molecule has 1 aliphatic rings. The fraction of sp³-hybridized carbons (Fsp3) is 0.333. The molecular formula is C9H9BrN2. The highest BCUT2D eigenvalue weighted by molar-refractivity contribution is 9.10. The summed E-state index contributed by atoms with van der Waals surface area (Å²) in [6.07, 6.45) is 5.67. The Morgan fingerprint density at radius 3 is 2.83 bits per heavy atom. The predicted octanol–water partition coefficient (Wildman–Crippen LogP) is 2.40. The lowest BCUT2D eigenvalue weighted by Gasteiger charge is -2.08. The minimum atomic E-state index is 0.418. The normalized spacial score (nSPS) is 22.3. The number of rotatable bonds is 2. The van der Waals surface area contributed by atoms with Crippen LogP contribution in [-0.2, 0) is 0 Å². The van der Waals surface area contributed by atoms with Crippen LogP contribution in [0, 0.1) is 0 Å². The second-order valence-corrected chi connectivity index (χ2v) is 3.93. The Hall–Kier alpha value is -0.700. The third-order valence-corrected chi connectivity index (χ3v) is 2.52. The molecule has 2 unspecified atom stereocenters. The van der Waals surface area contributed by atoms with Gasteiger partial charge in [-0.25, -0.2) is 0 Å². The van der Waals surface area contributed by atoms with Crippen molar-refractivity contribution in [1.29, 1.82) is 0 Å². The fourth-order valence-electron chi connectivity index (χ4n) is 1.18. The highest BCUT2D eigenvalue weighted by Crippen LogP contribution is 2.26. The van der Waals surface area contributed by atoms with Gasteiger partial charge in [-0.05, 0) is 27.6 Å². The maximum Gasteiger partial charge on any atom is 0.0909 e. The van der Waals surface area contributed by atoms with E-state index in [4.69, 9.17) is 0 Å². The molecule has 2 heterocycles. The summed E-state index contributed by atoms with van der Waals surface area (Å²) < 4.78 is 1.03. The number of pyridine rings is 1. The standard InChI is InChI=1S/C9H9BrN2/c1-6(9-5-12-9)7-2-8(10)4-11-3-7/h2-6,9H,1H3. The third kappa shape index (κ3) is 1.55. The highest BCUT2D eigenvalue weighted by Gasteiger charge is 2.23. The summed E-state index contributed by atoms with van der Waals surface area (Å²) in [5.41, 5.74) is 1.24. The fourth-order valence-corrected chi connectivity index (χ4v) is 1.56. The van der Waals surface area contributed by atoms with Gasteiger partial charge in [0.15, 0.2) is 0 Å². The van der Waals surface area contributed by atoms with E-state index in [-0.39, 0.29) is 0 Å². The van der Waals surface area contributed by atoms with Crippen molar-refractivity contribution in [2.75, 3.05) is 0 Å². The predicted molar refractivity (Wildman–Crippen MR) is 52.6 cm³/mol. The molecule has 2 nitrogen and oxygen atoms in total. The van der Waals surface area contributed by atoms with E-state index in [0.29, 0.717) is 12.0 Å². The molecule has 2 atom stereocenters. The molecule has 12 heavy (non-hydrogen) atoms. The van der Waals surface area contributed by atoms with Crippen LogP contribution in [0.5, 0.6) is 0 Å². The van der Waals surface area contributed by atoms with Gasteiger partial charge >= 0.3 is 0 Å². The van der Waals surface area contributed by atoms with E-state index < -0.39 is 0 Å². The summed E-state index contributed by atoms with van der Waals surface area (Å²) in [4.78, 5) is 8.25. The van der Waals surface area contributed by atoms with Crippen molar-refractivity contribution in [1.82, 2.24) is 4.98 Å².